The van der Waals surface area contributed by atoms with Gasteiger partial charge in [0, 0.05) is 23.5 Å². The average molecular weight is 451 g/mol. The first-order valence-electron chi connectivity index (χ1n) is 10.3. The van der Waals surface area contributed by atoms with Gasteiger partial charge in [0.15, 0.2) is 11.0 Å². The molecular formula is C22H25F3N4OS. The van der Waals surface area contributed by atoms with E-state index in [0.717, 1.165) is 38.2 Å². The Hall–Kier alpha value is -2.68. The van der Waals surface area contributed by atoms with E-state index in [0.29, 0.717) is 16.6 Å². The van der Waals surface area contributed by atoms with Gasteiger partial charge in [0.2, 0.25) is 0 Å². The van der Waals surface area contributed by atoms with Crippen LogP contribution in [0.15, 0.2) is 42.0 Å². The summed E-state index contributed by atoms with van der Waals surface area (Å²) in [6.45, 7) is 2.42. The van der Waals surface area contributed by atoms with Gasteiger partial charge in [0.05, 0.1) is 12.2 Å². The summed E-state index contributed by atoms with van der Waals surface area (Å²) in [6, 6.07) is 5.67. The molecule has 0 saturated carbocycles. The summed E-state index contributed by atoms with van der Waals surface area (Å²) in [6.07, 6.45) is 4.97. The van der Waals surface area contributed by atoms with E-state index in [1.54, 1.807) is 29.9 Å². The predicted octanol–water partition coefficient (Wildman–Crippen LogP) is 7.10. The Morgan fingerprint density at radius 2 is 1.77 bits per heavy atom. The third kappa shape index (κ3) is 6.92. The summed E-state index contributed by atoms with van der Waals surface area (Å²) < 4.78 is 46.2. The van der Waals surface area contributed by atoms with Gasteiger partial charge < -0.3 is 10.1 Å². The van der Waals surface area contributed by atoms with Gasteiger partial charge in [-0.05, 0) is 30.7 Å². The van der Waals surface area contributed by atoms with Gasteiger partial charge in [-0.1, -0.05) is 39.0 Å². The second kappa shape index (κ2) is 11.1. The number of nitrogens with one attached hydrogen (secondary N) is 1. The quantitative estimate of drug-likeness (QED) is 0.316. The number of hydrogen-bond acceptors (Lipinski definition) is 6. The maximum absolute atomic E-state index is 13.6. The normalized spacial score (nSPS) is 11.5. The summed E-state index contributed by atoms with van der Waals surface area (Å²) in [5, 5.41) is 5.13. The lowest BCUT2D eigenvalue weighted by molar-refractivity contribution is -0.138. The number of hydrogen-bond donors (Lipinski definition) is 1. The molecule has 166 valence electrons. The Morgan fingerprint density at radius 1 is 1.03 bits per heavy atom. The van der Waals surface area contributed by atoms with Crippen LogP contribution in [0.3, 0.4) is 0 Å². The van der Waals surface area contributed by atoms with E-state index in [9.17, 15) is 13.2 Å². The van der Waals surface area contributed by atoms with Gasteiger partial charge in [0.1, 0.15) is 11.4 Å². The first-order valence-corrected chi connectivity index (χ1v) is 11.2. The van der Waals surface area contributed by atoms with Crippen LogP contribution < -0.4 is 10.1 Å². The summed E-state index contributed by atoms with van der Waals surface area (Å²) in [5.74, 6) is 0.311. The number of rotatable bonds is 11. The van der Waals surface area contributed by atoms with Gasteiger partial charge in [-0.3, -0.25) is 0 Å². The molecule has 2 aromatic heterocycles. The molecule has 1 aromatic carbocycles. The van der Waals surface area contributed by atoms with Crippen molar-refractivity contribution in [2.45, 2.75) is 51.6 Å². The molecule has 1 N–H and O–H groups in total. The topological polar surface area (TPSA) is 59.9 Å². The Bertz CT molecular complexity index is 947. The number of nitrogens with zero attached hydrogens (tertiary/aromatic N) is 3. The Balaban J connectivity index is 1.64. The maximum atomic E-state index is 13.6. The van der Waals surface area contributed by atoms with Crippen molar-refractivity contribution >= 4 is 22.2 Å². The van der Waals surface area contributed by atoms with Crippen molar-refractivity contribution in [3.63, 3.8) is 0 Å². The zero-order valence-electron chi connectivity index (χ0n) is 17.3. The van der Waals surface area contributed by atoms with Crippen LogP contribution in [0, 0.1) is 0 Å². The first kappa shape index (κ1) is 23.0. The van der Waals surface area contributed by atoms with Crippen molar-refractivity contribution in [2.24, 2.45) is 0 Å². The monoisotopic (exact) mass is 450 g/mol. The first-order chi connectivity index (χ1) is 15.0. The second-order valence-electron chi connectivity index (χ2n) is 7.06. The lowest BCUT2D eigenvalue weighted by atomic mass is 10.1. The molecule has 3 aromatic rings. The molecule has 31 heavy (non-hydrogen) atoms. The number of thiazole rings is 1. The van der Waals surface area contributed by atoms with Crippen LogP contribution in [-0.4, -0.2) is 21.6 Å². The molecule has 0 aliphatic carbocycles. The molecule has 5 nitrogen and oxygen atoms in total. The van der Waals surface area contributed by atoms with E-state index in [2.05, 4.69) is 27.2 Å². The molecule has 0 bridgehead atoms. The van der Waals surface area contributed by atoms with Crippen LogP contribution in [-0.2, 0) is 6.18 Å². The van der Waals surface area contributed by atoms with E-state index in [1.807, 2.05) is 0 Å². The Morgan fingerprint density at radius 3 is 2.52 bits per heavy atom. The SMILES string of the molecule is CCCCCCCCOc1ccc(Nc2nc(-c3ncccn3)cs2)cc1C(F)(F)F. The van der Waals surface area contributed by atoms with E-state index in [1.165, 1.54) is 23.8 Å². The van der Waals surface area contributed by atoms with Crippen LogP contribution in [0.2, 0.25) is 0 Å². The van der Waals surface area contributed by atoms with E-state index < -0.39 is 11.7 Å². The van der Waals surface area contributed by atoms with Gasteiger partial charge in [-0.25, -0.2) is 15.0 Å². The third-order valence-corrected chi connectivity index (χ3v) is 5.35. The lowest BCUT2D eigenvalue weighted by Crippen LogP contribution is -2.10. The largest absolute Gasteiger partial charge is 0.493 e. The minimum absolute atomic E-state index is 0.149. The zero-order chi connectivity index (χ0) is 22.1. The van der Waals surface area contributed by atoms with Crippen LogP contribution >= 0.6 is 11.3 Å². The minimum Gasteiger partial charge on any atom is -0.493 e. The highest BCUT2D eigenvalue weighted by Crippen LogP contribution is 2.39. The minimum atomic E-state index is -4.51. The van der Waals surface area contributed by atoms with Crippen molar-refractivity contribution in [1.29, 1.82) is 0 Å². The van der Waals surface area contributed by atoms with E-state index in [4.69, 9.17) is 4.74 Å². The lowest BCUT2D eigenvalue weighted by Gasteiger charge is -2.15. The van der Waals surface area contributed by atoms with Gasteiger partial charge in [-0.15, -0.1) is 11.3 Å². The predicted molar refractivity (Wildman–Crippen MR) is 117 cm³/mol. The van der Waals surface area contributed by atoms with Crippen molar-refractivity contribution in [3.05, 3.63) is 47.6 Å². The number of unbranched alkanes of at least 4 members (excludes halogenated alkanes) is 5. The van der Waals surface area contributed by atoms with Crippen molar-refractivity contribution in [1.82, 2.24) is 15.0 Å². The molecule has 0 fully saturated rings. The molecule has 0 atom stereocenters. The standard InChI is InChI=1S/C22H25F3N4OS/c1-2-3-4-5-6-7-13-30-19-10-9-16(14-17(19)22(23,24)25)28-21-29-18(15-31-21)20-26-11-8-12-27-20/h8-12,14-15H,2-7,13H2,1H3,(H,28,29). The average Bonchev–Trinajstić information content (AvgIpc) is 3.22. The Kier molecular flexibility index (Phi) is 8.22. The number of aromatic nitrogens is 3. The fourth-order valence-electron chi connectivity index (χ4n) is 3.01. The fraction of sp³-hybridized carbons (Fsp3) is 0.409. The number of anilines is 2. The molecule has 0 aliphatic heterocycles. The number of ether oxygens (including phenoxy) is 1. The van der Waals surface area contributed by atoms with Gasteiger partial charge >= 0.3 is 6.18 Å². The van der Waals surface area contributed by atoms with Crippen LogP contribution in [0.5, 0.6) is 5.75 Å². The summed E-state index contributed by atoms with van der Waals surface area (Å²) in [7, 11) is 0. The summed E-state index contributed by atoms with van der Waals surface area (Å²) in [4.78, 5) is 12.6. The van der Waals surface area contributed by atoms with E-state index in [-0.39, 0.29) is 18.0 Å². The highest BCUT2D eigenvalue weighted by molar-refractivity contribution is 7.14. The molecule has 0 aliphatic rings. The van der Waals surface area contributed by atoms with Crippen LogP contribution in [0.25, 0.3) is 11.5 Å². The summed E-state index contributed by atoms with van der Waals surface area (Å²) >= 11 is 1.27. The van der Waals surface area contributed by atoms with Crippen molar-refractivity contribution < 1.29 is 17.9 Å². The van der Waals surface area contributed by atoms with Gasteiger partial charge in [0.25, 0.3) is 0 Å². The van der Waals surface area contributed by atoms with Gasteiger partial charge in [-0.2, -0.15) is 13.2 Å². The van der Waals surface area contributed by atoms with Crippen molar-refractivity contribution in [3.8, 4) is 17.3 Å². The number of benzene rings is 1. The van der Waals surface area contributed by atoms with Crippen LogP contribution in [0.4, 0.5) is 24.0 Å². The molecular weight excluding hydrogens is 425 g/mol. The smallest absolute Gasteiger partial charge is 0.420 e. The molecule has 0 unspecified atom stereocenters. The Labute approximate surface area is 183 Å². The third-order valence-electron chi connectivity index (χ3n) is 4.59. The van der Waals surface area contributed by atoms with E-state index >= 15 is 0 Å². The highest BCUT2D eigenvalue weighted by atomic mass is 32.1. The number of halogens is 3. The molecule has 0 radical (unpaired) electrons. The molecule has 3 rings (SSSR count). The van der Waals surface area contributed by atoms with Crippen LogP contribution in [0.1, 0.15) is 51.0 Å². The second-order valence-corrected chi connectivity index (χ2v) is 7.92. The molecule has 2 heterocycles. The fourth-order valence-corrected chi connectivity index (χ4v) is 3.72. The molecule has 0 amide bonds. The van der Waals surface area contributed by atoms with Crippen molar-refractivity contribution in [2.75, 3.05) is 11.9 Å². The molecule has 9 heteroatoms. The molecule has 0 saturated heterocycles. The maximum Gasteiger partial charge on any atom is 0.420 e. The zero-order valence-corrected chi connectivity index (χ0v) is 18.1. The molecule has 0 spiro atoms. The summed E-state index contributed by atoms with van der Waals surface area (Å²) in [5.41, 5.74) is 0.0452. The highest BCUT2D eigenvalue weighted by Gasteiger charge is 2.34. The number of alkyl halides is 3.